The highest BCUT2D eigenvalue weighted by Crippen LogP contribution is 2.30. The summed E-state index contributed by atoms with van der Waals surface area (Å²) in [7, 11) is 0. The summed E-state index contributed by atoms with van der Waals surface area (Å²) in [6, 6.07) is 4.88. The van der Waals surface area contributed by atoms with Gasteiger partial charge in [-0.25, -0.2) is 4.79 Å². The molecule has 1 aromatic carbocycles. The van der Waals surface area contributed by atoms with Gasteiger partial charge in [-0.1, -0.05) is 6.42 Å². The van der Waals surface area contributed by atoms with Gasteiger partial charge >= 0.3 is 5.97 Å². The van der Waals surface area contributed by atoms with E-state index in [9.17, 15) is 4.79 Å². The van der Waals surface area contributed by atoms with Gasteiger partial charge in [-0.3, -0.25) is 0 Å². The van der Waals surface area contributed by atoms with Gasteiger partial charge in [0.15, 0.2) is 0 Å². The largest absolute Gasteiger partial charge is 0.489 e. The molecule has 0 atom stereocenters. The molecule has 17 heavy (non-hydrogen) atoms. The fourth-order valence-electron chi connectivity index (χ4n) is 2.09. The van der Waals surface area contributed by atoms with Crippen LogP contribution in [0.4, 0.5) is 0 Å². The first-order chi connectivity index (χ1) is 8.16. The van der Waals surface area contributed by atoms with E-state index in [0.29, 0.717) is 4.47 Å². The van der Waals surface area contributed by atoms with Crippen molar-refractivity contribution in [2.75, 3.05) is 0 Å². The van der Waals surface area contributed by atoms with Crippen molar-refractivity contribution in [3.63, 3.8) is 0 Å². The first kappa shape index (κ1) is 12.4. The van der Waals surface area contributed by atoms with Gasteiger partial charge in [0.2, 0.25) is 0 Å². The molecule has 0 saturated heterocycles. The number of aromatic carboxylic acids is 1. The lowest BCUT2D eigenvalue weighted by molar-refractivity contribution is 0.0696. The summed E-state index contributed by atoms with van der Waals surface area (Å²) in [6.45, 7) is 0. The lowest BCUT2D eigenvalue weighted by Crippen LogP contribution is -2.19. The Bertz CT molecular complexity index is 411. The van der Waals surface area contributed by atoms with Crippen molar-refractivity contribution in [3.05, 3.63) is 28.2 Å². The summed E-state index contributed by atoms with van der Waals surface area (Å²) < 4.78 is 6.59. The van der Waals surface area contributed by atoms with Crippen LogP contribution >= 0.6 is 15.9 Å². The molecule has 1 aliphatic rings. The predicted molar refractivity (Wildman–Crippen MR) is 68.6 cm³/mol. The lowest BCUT2D eigenvalue weighted by atomic mass is 9.98. The molecule has 1 aromatic rings. The maximum atomic E-state index is 10.8. The van der Waals surface area contributed by atoms with Crippen LogP contribution in [0.1, 0.15) is 42.5 Å². The molecule has 1 aliphatic carbocycles. The second kappa shape index (κ2) is 5.54. The number of hydrogen-bond donors (Lipinski definition) is 1. The molecule has 1 N–H and O–H groups in total. The average molecular weight is 299 g/mol. The topological polar surface area (TPSA) is 46.5 Å². The number of rotatable bonds is 3. The number of carboxylic acids is 1. The molecule has 0 aliphatic heterocycles. The summed E-state index contributed by atoms with van der Waals surface area (Å²) in [4.78, 5) is 10.8. The fourth-order valence-corrected chi connectivity index (χ4v) is 2.56. The summed E-state index contributed by atoms with van der Waals surface area (Å²) in [6.07, 6.45) is 6.18. The van der Waals surface area contributed by atoms with Crippen LogP contribution in [0.15, 0.2) is 22.7 Å². The Morgan fingerprint density at radius 1 is 1.29 bits per heavy atom. The molecule has 3 nitrogen and oxygen atoms in total. The Kier molecular flexibility index (Phi) is 4.05. The standard InChI is InChI=1S/C13H15BrO3/c14-11-8-9(13(15)16)6-7-12(11)17-10-4-2-1-3-5-10/h6-8,10H,1-5H2,(H,15,16). The quantitative estimate of drug-likeness (QED) is 0.922. The smallest absolute Gasteiger partial charge is 0.335 e. The summed E-state index contributed by atoms with van der Waals surface area (Å²) >= 11 is 3.35. The molecular weight excluding hydrogens is 284 g/mol. The highest BCUT2D eigenvalue weighted by atomic mass is 79.9. The summed E-state index contributed by atoms with van der Waals surface area (Å²) in [5.74, 6) is -0.184. The molecule has 0 radical (unpaired) electrons. The van der Waals surface area contributed by atoms with Crippen molar-refractivity contribution in [1.29, 1.82) is 0 Å². The molecule has 1 saturated carbocycles. The van der Waals surface area contributed by atoms with Crippen molar-refractivity contribution < 1.29 is 14.6 Å². The number of hydrogen-bond acceptors (Lipinski definition) is 2. The van der Waals surface area contributed by atoms with Gasteiger partial charge in [0.1, 0.15) is 5.75 Å². The van der Waals surface area contributed by atoms with Crippen molar-refractivity contribution >= 4 is 21.9 Å². The van der Waals surface area contributed by atoms with Gasteiger partial charge in [-0.15, -0.1) is 0 Å². The van der Waals surface area contributed by atoms with E-state index in [-0.39, 0.29) is 11.7 Å². The Labute approximate surface area is 109 Å². The molecule has 0 spiro atoms. The second-order valence-electron chi connectivity index (χ2n) is 4.33. The molecule has 92 valence electrons. The summed E-state index contributed by atoms with van der Waals surface area (Å²) in [5.41, 5.74) is 0.271. The zero-order valence-corrected chi connectivity index (χ0v) is 11.1. The van der Waals surface area contributed by atoms with Gasteiger partial charge in [-0.2, -0.15) is 0 Å². The normalized spacial score (nSPS) is 16.8. The third-order valence-electron chi connectivity index (χ3n) is 3.02. The number of ether oxygens (including phenoxy) is 1. The third kappa shape index (κ3) is 3.22. The van der Waals surface area contributed by atoms with Crippen LogP contribution in [0.5, 0.6) is 5.75 Å². The fraction of sp³-hybridized carbons (Fsp3) is 0.462. The molecule has 0 bridgehead atoms. The monoisotopic (exact) mass is 298 g/mol. The number of benzene rings is 1. The van der Waals surface area contributed by atoms with Crippen LogP contribution in [0.25, 0.3) is 0 Å². The minimum atomic E-state index is -0.921. The first-order valence-electron chi connectivity index (χ1n) is 5.86. The number of carbonyl (C=O) groups is 1. The van der Waals surface area contributed by atoms with Gasteiger partial charge in [0, 0.05) is 0 Å². The van der Waals surface area contributed by atoms with Crippen molar-refractivity contribution in [2.24, 2.45) is 0 Å². The van der Waals surface area contributed by atoms with E-state index in [0.717, 1.165) is 18.6 Å². The molecule has 4 heteroatoms. The van der Waals surface area contributed by atoms with E-state index in [1.807, 2.05) is 0 Å². The first-order valence-corrected chi connectivity index (χ1v) is 6.65. The van der Waals surface area contributed by atoms with Crippen molar-refractivity contribution in [1.82, 2.24) is 0 Å². The lowest BCUT2D eigenvalue weighted by Gasteiger charge is -2.23. The zero-order valence-electron chi connectivity index (χ0n) is 9.49. The third-order valence-corrected chi connectivity index (χ3v) is 3.64. The van der Waals surface area contributed by atoms with Crippen molar-refractivity contribution in [3.8, 4) is 5.75 Å². The highest BCUT2D eigenvalue weighted by Gasteiger charge is 2.16. The van der Waals surface area contributed by atoms with Crippen LogP contribution in [0, 0.1) is 0 Å². The minimum absolute atomic E-state index is 0.271. The molecule has 2 rings (SSSR count). The van der Waals surface area contributed by atoms with Crippen molar-refractivity contribution in [2.45, 2.75) is 38.2 Å². The van der Waals surface area contributed by atoms with Crippen LogP contribution < -0.4 is 4.74 Å². The zero-order chi connectivity index (χ0) is 12.3. The minimum Gasteiger partial charge on any atom is -0.489 e. The van der Waals surface area contributed by atoms with E-state index >= 15 is 0 Å². The second-order valence-corrected chi connectivity index (χ2v) is 5.18. The van der Waals surface area contributed by atoms with E-state index in [2.05, 4.69) is 15.9 Å². The van der Waals surface area contributed by atoms with Crippen LogP contribution in [-0.2, 0) is 0 Å². The Balaban J connectivity index is 2.08. The Hall–Kier alpha value is -1.03. The molecule has 0 unspecified atom stereocenters. The van der Waals surface area contributed by atoms with E-state index < -0.39 is 5.97 Å². The Morgan fingerprint density at radius 3 is 2.59 bits per heavy atom. The van der Waals surface area contributed by atoms with Gasteiger partial charge in [-0.05, 0) is 59.8 Å². The Morgan fingerprint density at radius 2 is 2.00 bits per heavy atom. The van der Waals surface area contributed by atoms with Gasteiger partial charge in [0.25, 0.3) is 0 Å². The number of carboxylic acid groups (broad SMARTS) is 1. The molecular formula is C13H15BrO3. The summed E-state index contributed by atoms with van der Waals surface area (Å²) in [5, 5.41) is 8.86. The van der Waals surface area contributed by atoms with Gasteiger partial charge in [0.05, 0.1) is 16.1 Å². The average Bonchev–Trinajstić information content (AvgIpc) is 2.33. The highest BCUT2D eigenvalue weighted by molar-refractivity contribution is 9.10. The molecule has 1 fully saturated rings. The molecule has 0 aromatic heterocycles. The van der Waals surface area contributed by atoms with E-state index in [4.69, 9.17) is 9.84 Å². The van der Waals surface area contributed by atoms with Crippen LogP contribution in [0.2, 0.25) is 0 Å². The number of halogens is 1. The molecule has 0 heterocycles. The van der Waals surface area contributed by atoms with Crippen LogP contribution in [-0.4, -0.2) is 17.2 Å². The SMILES string of the molecule is O=C(O)c1ccc(OC2CCCCC2)c(Br)c1. The van der Waals surface area contributed by atoms with Gasteiger partial charge < -0.3 is 9.84 Å². The van der Waals surface area contributed by atoms with E-state index in [1.165, 1.54) is 19.3 Å². The van der Waals surface area contributed by atoms with Crippen LogP contribution in [0.3, 0.4) is 0 Å². The predicted octanol–water partition coefficient (Wildman–Crippen LogP) is 3.86. The molecule has 0 amide bonds. The maximum absolute atomic E-state index is 10.8. The van der Waals surface area contributed by atoms with E-state index in [1.54, 1.807) is 18.2 Å². The maximum Gasteiger partial charge on any atom is 0.335 e.